The van der Waals surface area contributed by atoms with Gasteiger partial charge in [0.15, 0.2) is 0 Å². The summed E-state index contributed by atoms with van der Waals surface area (Å²) in [5, 5.41) is 8.91. The average molecular weight is 179 g/mol. The van der Waals surface area contributed by atoms with E-state index in [0.717, 1.165) is 17.8 Å². The molecule has 12 heavy (non-hydrogen) atoms. The van der Waals surface area contributed by atoms with E-state index in [-0.39, 0.29) is 0 Å². The monoisotopic (exact) mass is 179 g/mol. The molecule has 0 bridgehead atoms. The Morgan fingerprint density at radius 2 is 2.08 bits per heavy atom. The molecular weight excluding hydrogens is 166 g/mol. The van der Waals surface area contributed by atoms with E-state index in [1.165, 1.54) is 0 Å². The molecule has 1 aliphatic carbocycles. The fourth-order valence-electron chi connectivity index (χ4n) is 1.20. The number of allylic oxidation sites excluding steroid dienone is 1. The second-order valence-electron chi connectivity index (χ2n) is 4.10. The summed E-state index contributed by atoms with van der Waals surface area (Å²) in [4.78, 5) is 0. The van der Waals surface area contributed by atoms with Crippen molar-refractivity contribution in [3.8, 4) is 0 Å². The topological polar surface area (TPSA) is 30.7 Å². The highest BCUT2D eigenvalue weighted by molar-refractivity contribution is 6.73. The van der Waals surface area contributed by atoms with Gasteiger partial charge in [-0.2, -0.15) is 10.2 Å². The molecule has 4 heteroatoms. The Labute approximate surface area is 73.2 Å². The lowest BCUT2D eigenvalue weighted by atomic mass is 10.4. The van der Waals surface area contributed by atoms with Crippen LogP contribution in [0.3, 0.4) is 0 Å². The van der Waals surface area contributed by atoms with Crippen molar-refractivity contribution in [1.82, 2.24) is 14.7 Å². The van der Waals surface area contributed by atoms with Crippen LogP contribution in [-0.2, 0) is 6.42 Å². The Balaban J connectivity index is 2.43. The smallest absolute Gasteiger partial charge is 0.202 e. The van der Waals surface area contributed by atoms with Gasteiger partial charge in [0, 0.05) is 6.42 Å². The highest BCUT2D eigenvalue weighted by Crippen LogP contribution is 2.15. The summed E-state index contributed by atoms with van der Waals surface area (Å²) in [6.07, 6.45) is 5.12. The molecule has 0 spiro atoms. The van der Waals surface area contributed by atoms with Crippen LogP contribution in [0.25, 0.3) is 6.08 Å². The summed E-state index contributed by atoms with van der Waals surface area (Å²) in [6.45, 7) is 6.73. The van der Waals surface area contributed by atoms with Gasteiger partial charge in [0.05, 0.1) is 5.69 Å². The molecule has 1 aromatic heterocycles. The molecule has 0 atom stereocenters. The Morgan fingerprint density at radius 3 is 2.67 bits per heavy atom. The zero-order valence-electron chi connectivity index (χ0n) is 7.70. The third kappa shape index (κ3) is 1.12. The second-order valence-corrected chi connectivity index (χ2v) is 8.84. The lowest BCUT2D eigenvalue weighted by molar-refractivity contribution is 0.785. The molecule has 0 fully saturated rings. The number of hydrogen-bond acceptors (Lipinski definition) is 2. The summed E-state index contributed by atoms with van der Waals surface area (Å²) in [5.74, 6) is 0. The lowest BCUT2D eigenvalue weighted by Gasteiger charge is -2.13. The fourth-order valence-corrected chi connectivity index (χ4v) is 2.03. The van der Waals surface area contributed by atoms with E-state index >= 15 is 0 Å². The summed E-state index contributed by atoms with van der Waals surface area (Å²) in [7, 11) is -1.37. The van der Waals surface area contributed by atoms with Gasteiger partial charge < -0.3 is 0 Å². The van der Waals surface area contributed by atoms with E-state index in [1.807, 2.05) is 4.46 Å². The van der Waals surface area contributed by atoms with Gasteiger partial charge >= 0.3 is 0 Å². The van der Waals surface area contributed by atoms with Crippen LogP contribution < -0.4 is 0 Å². The van der Waals surface area contributed by atoms with Crippen molar-refractivity contribution < 1.29 is 0 Å². The van der Waals surface area contributed by atoms with E-state index in [4.69, 9.17) is 0 Å². The number of aromatic nitrogens is 3. The van der Waals surface area contributed by atoms with Crippen molar-refractivity contribution in [1.29, 1.82) is 0 Å². The van der Waals surface area contributed by atoms with Gasteiger partial charge in [-0.3, -0.25) is 0 Å². The van der Waals surface area contributed by atoms with Crippen LogP contribution >= 0.6 is 0 Å². The normalized spacial score (nSPS) is 15.2. The first-order valence-electron chi connectivity index (χ1n) is 4.20. The molecule has 3 nitrogen and oxygen atoms in total. The van der Waals surface area contributed by atoms with Crippen molar-refractivity contribution in [2.24, 2.45) is 0 Å². The Hall–Kier alpha value is -0.903. The molecule has 0 aliphatic heterocycles. The molecule has 0 radical (unpaired) electrons. The third-order valence-corrected chi connectivity index (χ3v) is 3.30. The Bertz CT molecular complexity index is 333. The maximum Gasteiger partial charge on any atom is 0.202 e. The minimum atomic E-state index is -1.37. The largest absolute Gasteiger partial charge is 0.221 e. The summed E-state index contributed by atoms with van der Waals surface area (Å²) < 4.78 is 1.93. The standard InChI is InChI=1S/C8H13N3Si/c1-12(2,3)11-9-7-5-4-6-8(7)10-11/h4-5H,6H2,1-3H3. The number of rotatable bonds is 1. The van der Waals surface area contributed by atoms with E-state index in [1.54, 1.807) is 0 Å². The van der Waals surface area contributed by atoms with Gasteiger partial charge in [0.1, 0.15) is 5.69 Å². The van der Waals surface area contributed by atoms with E-state index < -0.39 is 8.24 Å². The van der Waals surface area contributed by atoms with Crippen LogP contribution in [0.1, 0.15) is 11.4 Å². The van der Waals surface area contributed by atoms with Crippen LogP contribution in [0.5, 0.6) is 0 Å². The van der Waals surface area contributed by atoms with E-state index in [0.29, 0.717) is 0 Å². The van der Waals surface area contributed by atoms with Crippen LogP contribution in [0.2, 0.25) is 19.6 Å². The third-order valence-electron chi connectivity index (χ3n) is 1.90. The quantitative estimate of drug-likeness (QED) is 0.612. The highest BCUT2D eigenvalue weighted by Gasteiger charge is 2.22. The summed E-state index contributed by atoms with van der Waals surface area (Å²) >= 11 is 0. The van der Waals surface area contributed by atoms with E-state index in [9.17, 15) is 0 Å². The molecule has 1 aromatic rings. The Morgan fingerprint density at radius 1 is 1.33 bits per heavy atom. The minimum Gasteiger partial charge on any atom is -0.221 e. The maximum atomic E-state index is 4.47. The average Bonchev–Trinajstić information content (AvgIpc) is 2.37. The van der Waals surface area contributed by atoms with Gasteiger partial charge in [-0.1, -0.05) is 6.08 Å². The van der Waals surface area contributed by atoms with E-state index in [2.05, 4.69) is 42.0 Å². The predicted molar refractivity (Wildman–Crippen MR) is 51.5 cm³/mol. The fraction of sp³-hybridized carbons (Fsp3) is 0.500. The van der Waals surface area contributed by atoms with Crippen LogP contribution in [0.15, 0.2) is 6.08 Å². The molecular formula is C8H13N3Si. The van der Waals surface area contributed by atoms with Crippen molar-refractivity contribution in [2.75, 3.05) is 0 Å². The van der Waals surface area contributed by atoms with Crippen molar-refractivity contribution in [3.63, 3.8) is 0 Å². The first-order chi connectivity index (χ1) is 5.57. The van der Waals surface area contributed by atoms with Crippen LogP contribution in [-0.4, -0.2) is 22.9 Å². The summed E-state index contributed by atoms with van der Waals surface area (Å²) in [6, 6.07) is 0. The molecule has 0 N–H and O–H groups in total. The number of fused-ring (bicyclic) bond motifs is 1. The maximum absolute atomic E-state index is 4.47. The van der Waals surface area contributed by atoms with Crippen molar-refractivity contribution in [3.05, 3.63) is 17.5 Å². The molecule has 0 unspecified atom stereocenters. The van der Waals surface area contributed by atoms with Gasteiger partial charge in [-0.25, -0.2) is 4.46 Å². The number of hydrogen-bond donors (Lipinski definition) is 0. The first kappa shape index (κ1) is 7.73. The first-order valence-corrected chi connectivity index (χ1v) is 7.65. The zero-order valence-corrected chi connectivity index (χ0v) is 8.70. The molecule has 64 valence electrons. The Kier molecular flexibility index (Phi) is 1.48. The van der Waals surface area contributed by atoms with Crippen LogP contribution in [0, 0.1) is 0 Å². The zero-order chi connectivity index (χ0) is 8.77. The molecule has 1 heterocycles. The van der Waals surface area contributed by atoms with Gasteiger partial charge in [0.2, 0.25) is 8.24 Å². The molecule has 2 rings (SSSR count). The van der Waals surface area contributed by atoms with Gasteiger partial charge in [-0.15, -0.1) is 0 Å². The molecule has 1 aliphatic rings. The van der Waals surface area contributed by atoms with Crippen molar-refractivity contribution >= 4 is 14.3 Å². The molecule has 0 saturated heterocycles. The second kappa shape index (κ2) is 2.29. The minimum absolute atomic E-state index is 0.958. The van der Waals surface area contributed by atoms with Gasteiger partial charge in [0.25, 0.3) is 0 Å². The SMILES string of the molecule is C[Si](C)(C)n1nc2c(n1)CC=C2. The molecule has 0 saturated carbocycles. The highest BCUT2D eigenvalue weighted by atomic mass is 28.3. The summed E-state index contributed by atoms with van der Waals surface area (Å²) in [5.41, 5.74) is 2.20. The lowest BCUT2D eigenvalue weighted by Crippen LogP contribution is -2.34. The molecule has 0 aromatic carbocycles. The molecule has 0 amide bonds. The van der Waals surface area contributed by atoms with Crippen molar-refractivity contribution in [2.45, 2.75) is 26.1 Å². The van der Waals surface area contributed by atoms with Gasteiger partial charge in [-0.05, 0) is 25.7 Å². The number of nitrogens with zero attached hydrogens (tertiary/aromatic N) is 3. The van der Waals surface area contributed by atoms with Crippen LogP contribution in [0.4, 0.5) is 0 Å². The predicted octanol–water partition coefficient (Wildman–Crippen LogP) is 1.53.